The molecule has 0 radical (unpaired) electrons. The number of benzene rings is 1. The topological polar surface area (TPSA) is 59.6 Å². The zero-order chi connectivity index (χ0) is 11.6. The number of nitrogens with one attached hydrogen (secondary N) is 1. The average molecular weight is 219 g/mol. The minimum absolute atomic E-state index is 0.335. The molecule has 1 aromatic carbocycles. The van der Waals surface area contributed by atoms with Crippen LogP contribution < -0.4 is 11.2 Å². The maximum atomic E-state index is 5.45. The summed E-state index contributed by atoms with van der Waals surface area (Å²) < 4.78 is 5.45. The van der Waals surface area contributed by atoms with Crippen molar-refractivity contribution in [2.75, 3.05) is 6.61 Å². The first-order valence-electron chi connectivity index (χ1n) is 5.12. The first-order chi connectivity index (χ1) is 7.79. The maximum Gasteiger partial charge on any atom is 0.109 e. The van der Waals surface area contributed by atoms with Crippen molar-refractivity contribution < 1.29 is 4.74 Å². The van der Waals surface area contributed by atoms with Gasteiger partial charge < -0.3 is 10.5 Å². The monoisotopic (exact) mass is 219 g/mol. The van der Waals surface area contributed by atoms with Crippen molar-refractivity contribution in [2.45, 2.75) is 13.0 Å². The van der Waals surface area contributed by atoms with Gasteiger partial charge in [0.1, 0.15) is 5.82 Å². The lowest BCUT2D eigenvalue weighted by molar-refractivity contribution is 0.128. The van der Waals surface area contributed by atoms with Gasteiger partial charge in [0.15, 0.2) is 0 Å². The Balaban J connectivity index is 2.04. The number of nitrogens with zero attached hydrogens (tertiary/aromatic N) is 1. The second kappa shape index (κ2) is 7.48. The quantitative estimate of drug-likeness (QED) is 0.416. The van der Waals surface area contributed by atoms with E-state index in [0.717, 1.165) is 6.42 Å². The number of hydrogen-bond donors (Lipinski definition) is 2. The molecular formula is C12H17N3O. The summed E-state index contributed by atoms with van der Waals surface area (Å²) in [5.74, 6) is 0.335. The highest BCUT2D eigenvalue weighted by atomic mass is 16.5. The van der Waals surface area contributed by atoms with E-state index >= 15 is 0 Å². The summed E-state index contributed by atoms with van der Waals surface area (Å²) in [5, 5.41) is 3.84. The van der Waals surface area contributed by atoms with Gasteiger partial charge in [0.05, 0.1) is 13.2 Å². The van der Waals surface area contributed by atoms with E-state index in [2.05, 4.69) is 17.1 Å². The molecule has 0 aromatic heterocycles. The van der Waals surface area contributed by atoms with Gasteiger partial charge in [0.25, 0.3) is 0 Å². The van der Waals surface area contributed by atoms with Gasteiger partial charge in [0, 0.05) is 12.6 Å². The van der Waals surface area contributed by atoms with Crippen molar-refractivity contribution in [2.24, 2.45) is 10.8 Å². The fraction of sp³-hybridized carbons (Fsp3) is 0.250. The third kappa shape index (κ3) is 5.82. The van der Waals surface area contributed by atoms with Crippen molar-refractivity contribution in [1.82, 2.24) is 5.43 Å². The Labute approximate surface area is 95.8 Å². The molecule has 0 aliphatic heterocycles. The molecule has 0 saturated heterocycles. The summed E-state index contributed by atoms with van der Waals surface area (Å²) in [5.41, 5.74) is 8.98. The Kier molecular flexibility index (Phi) is 5.73. The van der Waals surface area contributed by atoms with Crippen LogP contribution >= 0.6 is 0 Å². The molecule has 0 spiro atoms. The number of hydrazone groups is 1. The first kappa shape index (κ1) is 12.3. The largest absolute Gasteiger partial charge is 0.385 e. The molecular weight excluding hydrogens is 202 g/mol. The summed E-state index contributed by atoms with van der Waals surface area (Å²) in [6.45, 7) is 4.72. The molecule has 0 saturated carbocycles. The van der Waals surface area contributed by atoms with Gasteiger partial charge in [-0.2, -0.15) is 5.10 Å². The van der Waals surface area contributed by atoms with Crippen LogP contribution in [0.15, 0.2) is 47.8 Å². The summed E-state index contributed by atoms with van der Waals surface area (Å²) >= 11 is 0. The molecule has 4 nitrogen and oxygen atoms in total. The molecule has 0 aliphatic carbocycles. The molecule has 0 bridgehead atoms. The normalized spacial score (nSPS) is 10.5. The highest BCUT2D eigenvalue weighted by Gasteiger charge is 1.90. The lowest BCUT2D eigenvalue weighted by Gasteiger charge is -2.01. The van der Waals surface area contributed by atoms with E-state index in [1.165, 1.54) is 5.56 Å². The van der Waals surface area contributed by atoms with Gasteiger partial charge in [0.2, 0.25) is 0 Å². The van der Waals surface area contributed by atoms with Gasteiger partial charge in [-0.15, -0.1) is 0 Å². The van der Waals surface area contributed by atoms with E-state index in [4.69, 9.17) is 10.5 Å². The average Bonchev–Trinajstić information content (AvgIpc) is 2.29. The minimum atomic E-state index is 0.335. The Hall–Kier alpha value is -1.81. The highest BCUT2D eigenvalue weighted by Crippen LogP contribution is 2.00. The summed E-state index contributed by atoms with van der Waals surface area (Å²) in [7, 11) is 0. The second-order valence-corrected chi connectivity index (χ2v) is 3.28. The van der Waals surface area contributed by atoms with Crippen LogP contribution in [0, 0.1) is 0 Å². The summed E-state index contributed by atoms with van der Waals surface area (Å²) in [4.78, 5) is 0. The number of nitrogens with two attached hydrogens (primary N) is 1. The molecule has 0 fully saturated rings. The van der Waals surface area contributed by atoms with Gasteiger partial charge in [-0.25, -0.2) is 0 Å². The second-order valence-electron chi connectivity index (χ2n) is 3.28. The third-order valence-electron chi connectivity index (χ3n) is 1.80. The minimum Gasteiger partial charge on any atom is -0.385 e. The van der Waals surface area contributed by atoms with Crippen molar-refractivity contribution in [3.8, 4) is 0 Å². The van der Waals surface area contributed by atoms with Gasteiger partial charge >= 0.3 is 0 Å². The zero-order valence-corrected chi connectivity index (χ0v) is 9.23. The third-order valence-corrected chi connectivity index (χ3v) is 1.80. The van der Waals surface area contributed by atoms with E-state index in [9.17, 15) is 0 Å². The van der Waals surface area contributed by atoms with Crippen LogP contribution in [-0.4, -0.2) is 12.8 Å². The van der Waals surface area contributed by atoms with Crippen molar-refractivity contribution in [3.63, 3.8) is 0 Å². The van der Waals surface area contributed by atoms with Crippen molar-refractivity contribution in [3.05, 3.63) is 48.3 Å². The van der Waals surface area contributed by atoms with Crippen molar-refractivity contribution in [1.29, 1.82) is 0 Å². The van der Waals surface area contributed by atoms with Crippen LogP contribution in [-0.2, 0) is 11.3 Å². The SMILES string of the molecule is C=C(N)N/N=C/CCOCc1ccccc1. The molecule has 3 N–H and O–H groups in total. The fourth-order valence-corrected chi connectivity index (χ4v) is 1.09. The van der Waals surface area contributed by atoms with Gasteiger partial charge in [-0.05, 0) is 5.56 Å². The van der Waals surface area contributed by atoms with Crippen LogP contribution in [0.3, 0.4) is 0 Å². The molecule has 86 valence electrons. The summed E-state index contributed by atoms with van der Waals surface area (Å²) in [6.07, 6.45) is 2.45. The highest BCUT2D eigenvalue weighted by molar-refractivity contribution is 5.56. The number of rotatable bonds is 7. The smallest absolute Gasteiger partial charge is 0.109 e. The molecule has 0 aliphatic rings. The van der Waals surface area contributed by atoms with E-state index in [-0.39, 0.29) is 0 Å². The summed E-state index contributed by atoms with van der Waals surface area (Å²) in [6, 6.07) is 10.1. The standard InChI is InChI=1S/C12H17N3O/c1-11(13)15-14-8-5-9-16-10-12-6-3-2-4-7-12/h2-4,6-8,15H,1,5,9-10,13H2/b14-8+. The Bertz CT molecular complexity index is 335. The Morgan fingerprint density at radius 2 is 2.19 bits per heavy atom. The van der Waals surface area contributed by atoms with Crippen LogP contribution in [0.25, 0.3) is 0 Å². The first-order valence-corrected chi connectivity index (χ1v) is 5.12. The maximum absolute atomic E-state index is 5.45. The van der Waals surface area contributed by atoms with Crippen LogP contribution in [0.1, 0.15) is 12.0 Å². The number of ether oxygens (including phenoxy) is 1. The predicted molar refractivity (Wildman–Crippen MR) is 65.7 cm³/mol. The number of hydrogen-bond acceptors (Lipinski definition) is 4. The van der Waals surface area contributed by atoms with Crippen molar-refractivity contribution >= 4 is 6.21 Å². The fourth-order valence-electron chi connectivity index (χ4n) is 1.09. The van der Waals surface area contributed by atoms with E-state index in [1.807, 2.05) is 30.3 Å². The van der Waals surface area contributed by atoms with Gasteiger partial charge in [-0.1, -0.05) is 36.9 Å². The Morgan fingerprint density at radius 3 is 2.88 bits per heavy atom. The molecule has 16 heavy (non-hydrogen) atoms. The van der Waals surface area contributed by atoms with E-state index in [1.54, 1.807) is 6.21 Å². The molecule has 0 amide bonds. The lowest BCUT2D eigenvalue weighted by Crippen LogP contribution is -2.12. The van der Waals surface area contributed by atoms with Crippen LogP contribution in [0.2, 0.25) is 0 Å². The van der Waals surface area contributed by atoms with E-state index in [0.29, 0.717) is 19.0 Å². The predicted octanol–water partition coefficient (Wildman–Crippen LogP) is 1.60. The molecule has 0 atom stereocenters. The molecule has 0 heterocycles. The Morgan fingerprint density at radius 1 is 1.44 bits per heavy atom. The molecule has 1 aromatic rings. The van der Waals surface area contributed by atoms with E-state index < -0.39 is 0 Å². The van der Waals surface area contributed by atoms with Gasteiger partial charge in [-0.3, -0.25) is 5.43 Å². The lowest BCUT2D eigenvalue weighted by atomic mass is 10.2. The van der Waals surface area contributed by atoms with Crippen LogP contribution in [0.5, 0.6) is 0 Å². The molecule has 4 heteroatoms. The van der Waals surface area contributed by atoms with Crippen LogP contribution in [0.4, 0.5) is 0 Å². The molecule has 1 rings (SSSR count). The zero-order valence-electron chi connectivity index (χ0n) is 9.23. The molecule has 0 unspecified atom stereocenters.